The van der Waals surface area contributed by atoms with E-state index in [1.807, 2.05) is 0 Å². The van der Waals surface area contributed by atoms with Crippen molar-refractivity contribution < 1.29 is 33.3 Å². The van der Waals surface area contributed by atoms with Crippen LogP contribution >= 0.6 is 0 Å². The van der Waals surface area contributed by atoms with E-state index in [2.05, 4.69) is 4.74 Å². The number of anilines is 1. The van der Waals surface area contributed by atoms with Crippen LogP contribution in [0.25, 0.3) is 6.08 Å². The van der Waals surface area contributed by atoms with Crippen LogP contribution in [0.4, 0.5) is 5.69 Å². The van der Waals surface area contributed by atoms with Gasteiger partial charge in [0.15, 0.2) is 6.61 Å². The summed E-state index contributed by atoms with van der Waals surface area (Å²) in [5, 5.41) is 0. The van der Waals surface area contributed by atoms with Crippen LogP contribution < -0.4 is 14.4 Å². The highest BCUT2D eigenvalue weighted by atomic mass is 16.6. The number of methoxy groups -OCH3 is 3. The molecule has 1 amide bonds. The molecule has 0 unspecified atom stereocenters. The summed E-state index contributed by atoms with van der Waals surface area (Å²) >= 11 is 0. The Morgan fingerprint density at radius 1 is 0.906 bits per heavy atom. The fraction of sp³-hybridized carbons (Fsp3) is 0.208. The Morgan fingerprint density at radius 2 is 1.53 bits per heavy atom. The Labute approximate surface area is 185 Å². The highest BCUT2D eigenvalue weighted by Crippen LogP contribution is 2.36. The maximum absolute atomic E-state index is 13.3. The third-order valence-electron chi connectivity index (χ3n) is 4.90. The van der Waals surface area contributed by atoms with Crippen LogP contribution in [-0.4, -0.2) is 45.8 Å². The summed E-state index contributed by atoms with van der Waals surface area (Å²) in [7, 11) is 4.11. The first kappa shape index (κ1) is 22.6. The van der Waals surface area contributed by atoms with Crippen LogP contribution in [0.15, 0.2) is 65.4 Å². The van der Waals surface area contributed by atoms with E-state index in [1.165, 1.54) is 19.1 Å². The summed E-state index contributed by atoms with van der Waals surface area (Å²) in [5.41, 5.74) is 2.15. The van der Waals surface area contributed by atoms with E-state index >= 15 is 0 Å². The SMILES string of the molecule is COC(=O)COc1ccc(/C=C2\C(=O)N(c3ccc(OC)cc3)C(C)=C2C(=O)OC)cc1. The Balaban J connectivity index is 1.93. The summed E-state index contributed by atoms with van der Waals surface area (Å²) in [6.07, 6.45) is 1.62. The van der Waals surface area contributed by atoms with Gasteiger partial charge in [-0.3, -0.25) is 9.69 Å². The Bertz CT molecular complexity index is 1080. The van der Waals surface area contributed by atoms with Crippen molar-refractivity contribution in [2.45, 2.75) is 6.92 Å². The number of ether oxygens (including phenoxy) is 4. The van der Waals surface area contributed by atoms with Crippen molar-refractivity contribution in [1.29, 1.82) is 0 Å². The van der Waals surface area contributed by atoms with Crippen LogP contribution in [0.5, 0.6) is 11.5 Å². The number of benzene rings is 2. The number of esters is 2. The average Bonchev–Trinajstić information content (AvgIpc) is 3.07. The van der Waals surface area contributed by atoms with Gasteiger partial charge in [0.05, 0.1) is 32.5 Å². The van der Waals surface area contributed by atoms with Crippen molar-refractivity contribution >= 4 is 29.6 Å². The van der Waals surface area contributed by atoms with Crippen LogP contribution in [0.1, 0.15) is 12.5 Å². The molecular formula is C24H23NO7. The van der Waals surface area contributed by atoms with E-state index < -0.39 is 11.9 Å². The molecule has 2 aromatic rings. The molecule has 0 spiro atoms. The number of amides is 1. The van der Waals surface area contributed by atoms with Crippen molar-refractivity contribution in [2.24, 2.45) is 0 Å². The van der Waals surface area contributed by atoms with E-state index in [-0.39, 0.29) is 23.7 Å². The molecule has 8 heteroatoms. The molecule has 1 aliphatic rings. The van der Waals surface area contributed by atoms with Gasteiger partial charge in [0.1, 0.15) is 11.5 Å². The quantitative estimate of drug-likeness (QED) is 0.485. The molecular weight excluding hydrogens is 414 g/mol. The highest BCUT2D eigenvalue weighted by Gasteiger charge is 2.37. The Morgan fingerprint density at radius 3 is 2.09 bits per heavy atom. The number of nitrogens with zero attached hydrogens (tertiary/aromatic N) is 1. The summed E-state index contributed by atoms with van der Waals surface area (Å²) < 4.78 is 20.0. The monoisotopic (exact) mass is 437 g/mol. The third-order valence-corrected chi connectivity index (χ3v) is 4.90. The van der Waals surface area contributed by atoms with Gasteiger partial charge in [-0.25, -0.2) is 9.59 Å². The zero-order valence-corrected chi connectivity index (χ0v) is 18.2. The number of hydrogen-bond donors (Lipinski definition) is 0. The molecule has 166 valence electrons. The molecule has 0 atom stereocenters. The van der Waals surface area contributed by atoms with Gasteiger partial charge in [-0.1, -0.05) is 12.1 Å². The molecule has 1 aliphatic heterocycles. The van der Waals surface area contributed by atoms with Crippen LogP contribution in [0.2, 0.25) is 0 Å². The maximum Gasteiger partial charge on any atom is 0.343 e. The van der Waals surface area contributed by atoms with E-state index in [4.69, 9.17) is 14.2 Å². The van der Waals surface area contributed by atoms with Crippen molar-refractivity contribution in [3.63, 3.8) is 0 Å². The molecule has 0 saturated carbocycles. The van der Waals surface area contributed by atoms with Crippen molar-refractivity contribution in [3.05, 3.63) is 70.9 Å². The normalized spacial score (nSPS) is 14.6. The van der Waals surface area contributed by atoms with Gasteiger partial charge < -0.3 is 18.9 Å². The van der Waals surface area contributed by atoms with E-state index in [0.29, 0.717) is 28.4 Å². The second-order valence-electron chi connectivity index (χ2n) is 6.78. The van der Waals surface area contributed by atoms with E-state index in [0.717, 1.165) is 0 Å². The number of hydrogen-bond acceptors (Lipinski definition) is 7. The third kappa shape index (κ3) is 4.64. The van der Waals surface area contributed by atoms with Crippen molar-refractivity contribution in [1.82, 2.24) is 0 Å². The van der Waals surface area contributed by atoms with Gasteiger partial charge in [0.2, 0.25) is 0 Å². The lowest BCUT2D eigenvalue weighted by Crippen LogP contribution is -2.24. The van der Waals surface area contributed by atoms with E-state index in [1.54, 1.807) is 68.6 Å². The topological polar surface area (TPSA) is 91.4 Å². The highest BCUT2D eigenvalue weighted by molar-refractivity contribution is 6.23. The lowest BCUT2D eigenvalue weighted by atomic mass is 10.0. The van der Waals surface area contributed by atoms with Crippen molar-refractivity contribution in [2.75, 3.05) is 32.8 Å². The minimum absolute atomic E-state index is 0.194. The molecule has 0 fully saturated rings. The number of allylic oxidation sites excluding steroid dienone is 1. The lowest BCUT2D eigenvalue weighted by Gasteiger charge is -2.18. The largest absolute Gasteiger partial charge is 0.497 e. The molecule has 1 heterocycles. The van der Waals surface area contributed by atoms with Crippen LogP contribution in [0, 0.1) is 0 Å². The van der Waals surface area contributed by atoms with Gasteiger partial charge >= 0.3 is 11.9 Å². The molecule has 8 nitrogen and oxygen atoms in total. The second kappa shape index (κ2) is 9.82. The smallest absolute Gasteiger partial charge is 0.343 e. The first-order chi connectivity index (χ1) is 15.4. The minimum atomic E-state index is -0.601. The van der Waals surface area contributed by atoms with Gasteiger partial charge in [-0.05, 0) is 55.0 Å². The van der Waals surface area contributed by atoms with Gasteiger partial charge in [0.25, 0.3) is 5.91 Å². The summed E-state index contributed by atoms with van der Waals surface area (Å²) in [5.74, 6) is -0.319. The molecule has 0 radical (unpaired) electrons. The standard InChI is InChI=1S/C24H23NO7/c1-15-22(24(28)31-4)20(23(27)25(15)17-7-11-18(29-2)12-8-17)13-16-5-9-19(10-6-16)32-14-21(26)30-3/h5-13H,14H2,1-4H3/b20-13-. The molecule has 32 heavy (non-hydrogen) atoms. The molecule has 0 aliphatic carbocycles. The fourth-order valence-corrected chi connectivity index (χ4v) is 3.25. The fourth-order valence-electron chi connectivity index (χ4n) is 3.25. The van der Waals surface area contributed by atoms with Crippen LogP contribution in [-0.2, 0) is 23.9 Å². The van der Waals surface area contributed by atoms with E-state index in [9.17, 15) is 14.4 Å². The molecule has 2 aromatic carbocycles. The number of carbonyl (C=O) groups is 3. The lowest BCUT2D eigenvalue weighted by molar-refractivity contribution is -0.143. The summed E-state index contributed by atoms with van der Waals surface area (Å²) in [4.78, 5) is 38.5. The predicted octanol–water partition coefficient (Wildman–Crippen LogP) is 3.12. The molecule has 0 N–H and O–H groups in total. The summed E-state index contributed by atoms with van der Waals surface area (Å²) in [6.45, 7) is 1.49. The first-order valence-corrected chi connectivity index (χ1v) is 9.69. The minimum Gasteiger partial charge on any atom is -0.497 e. The van der Waals surface area contributed by atoms with Crippen LogP contribution in [0.3, 0.4) is 0 Å². The Hall–Kier alpha value is -4.07. The van der Waals surface area contributed by atoms with Gasteiger partial charge in [0, 0.05) is 11.4 Å². The van der Waals surface area contributed by atoms with Gasteiger partial charge in [-0.2, -0.15) is 0 Å². The summed E-state index contributed by atoms with van der Waals surface area (Å²) in [6, 6.07) is 13.7. The number of carbonyl (C=O) groups excluding carboxylic acids is 3. The molecule has 0 aromatic heterocycles. The zero-order valence-electron chi connectivity index (χ0n) is 18.2. The molecule has 0 bridgehead atoms. The number of rotatable bonds is 7. The molecule has 3 rings (SSSR count). The first-order valence-electron chi connectivity index (χ1n) is 9.69. The van der Waals surface area contributed by atoms with Crippen molar-refractivity contribution in [3.8, 4) is 11.5 Å². The molecule has 0 saturated heterocycles. The average molecular weight is 437 g/mol. The Kier molecular flexibility index (Phi) is 6.94. The zero-order chi connectivity index (χ0) is 23.3. The predicted molar refractivity (Wildman–Crippen MR) is 117 cm³/mol. The second-order valence-corrected chi connectivity index (χ2v) is 6.78. The maximum atomic E-state index is 13.3. The van der Waals surface area contributed by atoms with Gasteiger partial charge in [-0.15, -0.1) is 0 Å².